The van der Waals surface area contributed by atoms with Gasteiger partial charge in [0.2, 0.25) is 0 Å². The lowest BCUT2D eigenvalue weighted by atomic mass is 10.0. The summed E-state index contributed by atoms with van der Waals surface area (Å²) in [4.78, 5) is 18.8. The van der Waals surface area contributed by atoms with Crippen LogP contribution in [0.15, 0.2) is 22.9 Å². The standard InChI is InChI=1S/C14H18BrN3O/c15-13-12(2-1-7-16-13)14(19)17-10-5-8-18(9-6-10)11-3-4-11/h1-2,7,10-11H,3-6,8-9H2,(H,17,19). The van der Waals surface area contributed by atoms with Crippen molar-refractivity contribution in [1.29, 1.82) is 0 Å². The van der Waals surface area contributed by atoms with Crippen LogP contribution in [0.4, 0.5) is 0 Å². The van der Waals surface area contributed by atoms with Gasteiger partial charge in [0.25, 0.3) is 5.91 Å². The van der Waals surface area contributed by atoms with Crippen molar-refractivity contribution in [3.8, 4) is 0 Å². The number of nitrogens with one attached hydrogen (secondary N) is 1. The van der Waals surface area contributed by atoms with E-state index in [0.717, 1.165) is 32.0 Å². The van der Waals surface area contributed by atoms with Gasteiger partial charge in [-0.3, -0.25) is 4.79 Å². The number of hydrogen-bond acceptors (Lipinski definition) is 3. The Hall–Kier alpha value is -0.940. The second kappa shape index (κ2) is 5.59. The number of hydrogen-bond donors (Lipinski definition) is 1. The molecule has 4 nitrogen and oxygen atoms in total. The van der Waals surface area contributed by atoms with Crippen molar-refractivity contribution < 1.29 is 4.79 Å². The molecule has 0 radical (unpaired) electrons. The molecule has 1 N–H and O–H groups in total. The van der Waals surface area contributed by atoms with E-state index < -0.39 is 0 Å². The highest BCUT2D eigenvalue weighted by Crippen LogP contribution is 2.29. The van der Waals surface area contributed by atoms with E-state index in [4.69, 9.17) is 0 Å². The number of likely N-dealkylation sites (tertiary alicyclic amines) is 1. The van der Waals surface area contributed by atoms with Crippen LogP contribution in [0.3, 0.4) is 0 Å². The molecule has 0 spiro atoms. The Morgan fingerprint density at radius 1 is 1.32 bits per heavy atom. The topological polar surface area (TPSA) is 45.2 Å². The molecule has 1 saturated carbocycles. The summed E-state index contributed by atoms with van der Waals surface area (Å²) >= 11 is 3.32. The molecule has 102 valence electrons. The number of carbonyl (C=O) groups is 1. The van der Waals surface area contributed by atoms with E-state index in [1.807, 2.05) is 0 Å². The molecule has 1 amide bonds. The van der Waals surface area contributed by atoms with Crippen molar-refractivity contribution in [3.63, 3.8) is 0 Å². The first kappa shape index (κ1) is 13.1. The van der Waals surface area contributed by atoms with Gasteiger partial charge in [0.15, 0.2) is 0 Å². The Morgan fingerprint density at radius 3 is 2.68 bits per heavy atom. The largest absolute Gasteiger partial charge is 0.349 e. The third kappa shape index (κ3) is 3.15. The van der Waals surface area contributed by atoms with Gasteiger partial charge >= 0.3 is 0 Å². The summed E-state index contributed by atoms with van der Waals surface area (Å²) in [7, 11) is 0. The van der Waals surface area contributed by atoms with Crippen molar-refractivity contribution in [2.45, 2.75) is 37.8 Å². The second-order valence-corrected chi connectivity index (χ2v) is 6.11. The third-order valence-corrected chi connectivity index (χ3v) is 4.56. The van der Waals surface area contributed by atoms with E-state index in [1.54, 1.807) is 18.3 Å². The number of rotatable bonds is 3. The van der Waals surface area contributed by atoms with E-state index in [1.165, 1.54) is 12.8 Å². The summed E-state index contributed by atoms with van der Waals surface area (Å²) in [5.41, 5.74) is 0.618. The van der Waals surface area contributed by atoms with Crippen LogP contribution in [-0.2, 0) is 0 Å². The predicted molar refractivity (Wildman–Crippen MR) is 77.0 cm³/mol. The first-order chi connectivity index (χ1) is 9.24. The molecule has 0 atom stereocenters. The Morgan fingerprint density at radius 2 is 2.05 bits per heavy atom. The van der Waals surface area contributed by atoms with Crippen LogP contribution < -0.4 is 5.32 Å². The first-order valence-corrected chi connectivity index (χ1v) is 7.69. The third-order valence-electron chi connectivity index (χ3n) is 3.93. The van der Waals surface area contributed by atoms with Crippen molar-refractivity contribution in [2.75, 3.05) is 13.1 Å². The molecule has 2 aliphatic rings. The van der Waals surface area contributed by atoms with Gasteiger partial charge < -0.3 is 10.2 Å². The lowest BCUT2D eigenvalue weighted by molar-refractivity contribution is 0.0908. The van der Waals surface area contributed by atoms with E-state index in [2.05, 4.69) is 31.1 Å². The van der Waals surface area contributed by atoms with Crippen LogP contribution >= 0.6 is 15.9 Å². The molecule has 3 rings (SSSR count). The Labute approximate surface area is 121 Å². The van der Waals surface area contributed by atoms with E-state index in [0.29, 0.717) is 16.2 Å². The summed E-state index contributed by atoms with van der Waals surface area (Å²) < 4.78 is 0.614. The highest BCUT2D eigenvalue weighted by Gasteiger charge is 2.32. The van der Waals surface area contributed by atoms with E-state index >= 15 is 0 Å². The summed E-state index contributed by atoms with van der Waals surface area (Å²) in [6, 6.07) is 4.72. The number of nitrogens with zero attached hydrogens (tertiary/aromatic N) is 2. The fraction of sp³-hybridized carbons (Fsp3) is 0.571. The fourth-order valence-corrected chi connectivity index (χ4v) is 3.10. The van der Waals surface area contributed by atoms with Gasteiger partial charge in [-0.2, -0.15) is 0 Å². The molecular formula is C14H18BrN3O. The number of aromatic nitrogens is 1. The van der Waals surface area contributed by atoms with E-state index in [9.17, 15) is 4.79 Å². The van der Waals surface area contributed by atoms with Crippen molar-refractivity contribution in [1.82, 2.24) is 15.2 Å². The van der Waals surface area contributed by atoms with Crippen molar-refractivity contribution >= 4 is 21.8 Å². The first-order valence-electron chi connectivity index (χ1n) is 6.89. The lowest BCUT2D eigenvalue weighted by Crippen LogP contribution is -2.45. The fourth-order valence-electron chi connectivity index (χ4n) is 2.67. The van der Waals surface area contributed by atoms with Crippen LogP contribution in [0.1, 0.15) is 36.0 Å². The maximum Gasteiger partial charge on any atom is 0.254 e. The molecule has 5 heteroatoms. The normalized spacial score (nSPS) is 21.3. The molecule has 19 heavy (non-hydrogen) atoms. The molecule has 1 aliphatic heterocycles. The minimum Gasteiger partial charge on any atom is -0.349 e. The van der Waals surface area contributed by atoms with Crippen LogP contribution in [0.2, 0.25) is 0 Å². The maximum atomic E-state index is 12.2. The van der Waals surface area contributed by atoms with Crippen LogP contribution in [0, 0.1) is 0 Å². The Kier molecular flexibility index (Phi) is 3.84. The lowest BCUT2D eigenvalue weighted by Gasteiger charge is -2.32. The predicted octanol–water partition coefficient (Wildman–Crippen LogP) is 2.20. The molecule has 1 aliphatic carbocycles. The number of halogens is 1. The average Bonchev–Trinajstić information content (AvgIpc) is 3.24. The molecule has 1 aromatic heterocycles. The number of piperidine rings is 1. The van der Waals surface area contributed by atoms with Gasteiger partial charge in [-0.05, 0) is 53.7 Å². The molecule has 2 heterocycles. The van der Waals surface area contributed by atoms with Crippen molar-refractivity contribution in [2.24, 2.45) is 0 Å². The Balaban J connectivity index is 1.54. The van der Waals surface area contributed by atoms with Crippen LogP contribution in [0.5, 0.6) is 0 Å². The smallest absolute Gasteiger partial charge is 0.254 e. The van der Waals surface area contributed by atoms with Gasteiger partial charge in [0, 0.05) is 31.4 Å². The average molecular weight is 324 g/mol. The molecule has 1 aromatic rings. The second-order valence-electron chi connectivity index (χ2n) is 5.36. The number of amides is 1. The highest BCUT2D eigenvalue weighted by atomic mass is 79.9. The molecule has 0 unspecified atom stereocenters. The van der Waals surface area contributed by atoms with Gasteiger partial charge in [-0.25, -0.2) is 4.98 Å². The van der Waals surface area contributed by atoms with Gasteiger partial charge in [0.1, 0.15) is 4.60 Å². The highest BCUT2D eigenvalue weighted by molar-refractivity contribution is 9.10. The van der Waals surface area contributed by atoms with Crippen LogP contribution in [0.25, 0.3) is 0 Å². The van der Waals surface area contributed by atoms with Crippen molar-refractivity contribution in [3.05, 3.63) is 28.5 Å². The molecule has 2 fully saturated rings. The van der Waals surface area contributed by atoms with Gasteiger partial charge in [-0.15, -0.1) is 0 Å². The monoisotopic (exact) mass is 323 g/mol. The minimum atomic E-state index is -0.0233. The maximum absolute atomic E-state index is 12.2. The zero-order chi connectivity index (χ0) is 13.2. The summed E-state index contributed by atoms with van der Waals surface area (Å²) in [6.45, 7) is 2.23. The SMILES string of the molecule is O=C(NC1CCN(C2CC2)CC1)c1cccnc1Br. The zero-order valence-corrected chi connectivity index (χ0v) is 12.4. The van der Waals surface area contributed by atoms with E-state index in [-0.39, 0.29) is 5.91 Å². The molecule has 0 aromatic carbocycles. The summed E-state index contributed by atoms with van der Waals surface area (Å²) in [5, 5.41) is 3.12. The summed E-state index contributed by atoms with van der Waals surface area (Å²) in [6.07, 6.45) is 6.51. The minimum absolute atomic E-state index is 0.0233. The molecule has 1 saturated heterocycles. The quantitative estimate of drug-likeness (QED) is 0.867. The number of pyridine rings is 1. The zero-order valence-electron chi connectivity index (χ0n) is 10.8. The molecular weight excluding hydrogens is 306 g/mol. The van der Waals surface area contributed by atoms with Gasteiger partial charge in [-0.1, -0.05) is 0 Å². The van der Waals surface area contributed by atoms with Gasteiger partial charge in [0.05, 0.1) is 5.56 Å². The summed E-state index contributed by atoms with van der Waals surface area (Å²) in [5.74, 6) is -0.0233. The molecule has 0 bridgehead atoms. The van der Waals surface area contributed by atoms with Crippen LogP contribution in [-0.4, -0.2) is 41.0 Å². The number of carbonyl (C=O) groups excluding carboxylic acids is 1. The Bertz CT molecular complexity index is 468.